The lowest BCUT2D eigenvalue weighted by Gasteiger charge is -2.34. The standard InChI is InChI=1S/C11H23NO2/c1-7-14-10(13)12-11(5,6)9(4)8(2)3/h8-9H,7H2,1-6H3,(H,12,13)/t9-/m1/s1. The van der Waals surface area contributed by atoms with E-state index in [1.807, 2.05) is 13.8 Å². The van der Waals surface area contributed by atoms with Gasteiger partial charge >= 0.3 is 6.09 Å². The average molecular weight is 201 g/mol. The number of alkyl carbamates (subject to hydrolysis) is 1. The van der Waals surface area contributed by atoms with Gasteiger partial charge < -0.3 is 10.1 Å². The Kier molecular flexibility index (Phi) is 4.95. The summed E-state index contributed by atoms with van der Waals surface area (Å²) < 4.78 is 4.86. The highest BCUT2D eigenvalue weighted by atomic mass is 16.5. The lowest BCUT2D eigenvalue weighted by atomic mass is 9.81. The Morgan fingerprint density at radius 3 is 2.21 bits per heavy atom. The van der Waals surface area contributed by atoms with Gasteiger partial charge in [0.05, 0.1) is 6.61 Å². The van der Waals surface area contributed by atoms with Crippen LogP contribution in [0.25, 0.3) is 0 Å². The third-order valence-corrected chi connectivity index (χ3v) is 2.84. The Bertz CT molecular complexity index is 188. The molecule has 0 radical (unpaired) electrons. The summed E-state index contributed by atoms with van der Waals surface area (Å²) in [5, 5.41) is 2.88. The maximum absolute atomic E-state index is 11.3. The van der Waals surface area contributed by atoms with Gasteiger partial charge in [0.2, 0.25) is 0 Å². The van der Waals surface area contributed by atoms with Gasteiger partial charge in [0, 0.05) is 5.54 Å². The summed E-state index contributed by atoms with van der Waals surface area (Å²) >= 11 is 0. The van der Waals surface area contributed by atoms with Crippen molar-refractivity contribution in [1.82, 2.24) is 5.32 Å². The van der Waals surface area contributed by atoms with Gasteiger partial charge in [-0.1, -0.05) is 20.8 Å². The highest BCUT2D eigenvalue weighted by molar-refractivity contribution is 5.68. The van der Waals surface area contributed by atoms with Crippen LogP contribution in [0, 0.1) is 11.8 Å². The summed E-state index contributed by atoms with van der Waals surface area (Å²) in [7, 11) is 0. The molecule has 1 atom stereocenters. The van der Waals surface area contributed by atoms with Crippen molar-refractivity contribution < 1.29 is 9.53 Å². The van der Waals surface area contributed by atoms with E-state index in [0.29, 0.717) is 18.4 Å². The van der Waals surface area contributed by atoms with Gasteiger partial charge in [-0.2, -0.15) is 0 Å². The van der Waals surface area contributed by atoms with E-state index >= 15 is 0 Å². The van der Waals surface area contributed by atoms with Gasteiger partial charge in [-0.3, -0.25) is 0 Å². The number of carbonyl (C=O) groups is 1. The molecule has 0 fully saturated rings. The molecule has 1 amide bonds. The van der Waals surface area contributed by atoms with Gasteiger partial charge in [0.1, 0.15) is 0 Å². The minimum absolute atomic E-state index is 0.222. The summed E-state index contributed by atoms with van der Waals surface area (Å²) in [6.07, 6.45) is -0.329. The molecule has 0 rings (SSSR count). The smallest absolute Gasteiger partial charge is 0.407 e. The largest absolute Gasteiger partial charge is 0.450 e. The third-order valence-electron chi connectivity index (χ3n) is 2.84. The molecule has 0 aromatic heterocycles. The van der Waals surface area contributed by atoms with Crippen LogP contribution in [0.1, 0.15) is 41.5 Å². The summed E-state index contributed by atoms with van der Waals surface area (Å²) in [5.41, 5.74) is -0.222. The molecule has 0 aliphatic heterocycles. The number of rotatable bonds is 4. The summed E-state index contributed by atoms with van der Waals surface area (Å²) in [4.78, 5) is 11.3. The van der Waals surface area contributed by atoms with E-state index in [-0.39, 0.29) is 11.6 Å². The molecule has 0 aliphatic carbocycles. The van der Waals surface area contributed by atoms with Crippen LogP contribution in [0.15, 0.2) is 0 Å². The Morgan fingerprint density at radius 2 is 1.86 bits per heavy atom. The van der Waals surface area contributed by atoms with Gasteiger partial charge in [0.15, 0.2) is 0 Å². The van der Waals surface area contributed by atoms with E-state index < -0.39 is 0 Å². The summed E-state index contributed by atoms with van der Waals surface area (Å²) in [6, 6.07) is 0. The van der Waals surface area contributed by atoms with Gasteiger partial charge in [-0.05, 0) is 32.6 Å². The van der Waals surface area contributed by atoms with E-state index in [2.05, 4.69) is 26.1 Å². The van der Waals surface area contributed by atoms with Crippen molar-refractivity contribution in [2.45, 2.75) is 47.1 Å². The summed E-state index contributed by atoms with van der Waals surface area (Å²) in [6.45, 7) is 12.7. The zero-order valence-corrected chi connectivity index (χ0v) is 10.2. The monoisotopic (exact) mass is 201 g/mol. The Labute approximate surface area is 87.2 Å². The van der Waals surface area contributed by atoms with E-state index in [0.717, 1.165) is 0 Å². The fourth-order valence-electron chi connectivity index (χ4n) is 1.38. The van der Waals surface area contributed by atoms with Gasteiger partial charge in [0.25, 0.3) is 0 Å². The first-order chi connectivity index (χ1) is 6.31. The van der Waals surface area contributed by atoms with Crippen molar-refractivity contribution in [3.63, 3.8) is 0 Å². The predicted octanol–water partition coefficient (Wildman–Crippen LogP) is 2.80. The second-order valence-electron chi connectivity index (χ2n) is 4.60. The third kappa shape index (κ3) is 3.99. The van der Waals surface area contributed by atoms with Crippen LogP contribution in [-0.2, 0) is 4.74 Å². The van der Waals surface area contributed by atoms with Gasteiger partial charge in [-0.15, -0.1) is 0 Å². The molecule has 0 saturated heterocycles. The molecular formula is C11H23NO2. The van der Waals surface area contributed by atoms with Crippen LogP contribution in [-0.4, -0.2) is 18.2 Å². The lowest BCUT2D eigenvalue weighted by molar-refractivity contribution is 0.126. The van der Waals surface area contributed by atoms with E-state index in [1.165, 1.54) is 0 Å². The van der Waals surface area contributed by atoms with Crippen LogP contribution in [0.5, 0.6) is 0 Å². The zero-order valence-electron chi connectivity index (χ0n) is 10.2. The molecule has 14 heavy (non-hydrogen) atoms. The Hall–Kier alpha value is -0.730. The molecule has 0 spiro atoms. The van der Waals surface area contributed by atoms with Crippen molar-refractivity contribution in [1.29, 1.82) is 0 Å². The second-order valence-corrected chi connectivity index (χ2v) is 4.60. The van der Waals surface area contributed by atoms with E-state index in [9.17, 15) is 4.79 Å². The number of carbonyl (C=O) groups excluding carboxylic acids is 1. The molecule has 0 saturated carbocycles. The number of nitrogens with one attached hydrogen (secondary N) is 1. The van der Waals surface area contributed by atoms with Crippen LogP contribution >= 0.6 is 0 Å². The lowest BCUT2D eigenvalue weighted by Crippen LogP contribution is -2.49. The molecule has 84 valence electrons. The van der Waals surface area contributed by atoms with Crippen molar-refractivity contribution in [3.05, 3.63) is 0 Å². The Balaban J connectivity index is 4.25. The molecule has 0 heterocycles. The van der Waals surface area contributed by atoms with Crippen LogP contribution in [0.2, 0.25) is 0 Å². The molecule has 1 N–H and O–H groups in total. The number of hydrogen-bond acceptors (Lipinski definition) is 2. The highest BCUT2D eigenvalue weighted by Crippen LogP contribution is 2.23. The minimum atomic E-state index is -0.329. The molecule has 0 bridgehead atoms. The molecule has 0 aromatic rings. The van der Waals surface area contributed by atoms with E-state index in [4.69, 9.17) is 4.74 Å². The average Bonchev–Trinajstić information content (AvgIpc) is 2.02. The van der Waals surface area contributed by atoms with Crippen LogP contribution < -0.4 is 5.32 Å². The molecule has 3 nitrogen and oxygen atoms in total. The van der Waals surface area contributed by atoms with Crippen molar-refractivity contribution in [3.8, 4) is 0 Å². The molecular weight excluding hydrogens is 178 g/mol. The number of amides is 1. The fraction of sp³-hybridized carbons (Fsp3) is 0.909. The molecule has 0 aliphatic rings. The van der Waals surface area contributed by atoms with Crippen molar-refractivity contribution in [2.24, 2.45) is 11.8 Å². The van der Waals surface area contributed by atoms with Gasteiger partial charge in [-0.25, -0.2) is 4.79 Å². The van der Waals surface area contributed by atoms with E-state index in [1.54, 1.807) is 6.92 Å². The molecule has 3 heteroatoms. The maximum Gasteiger partial charge on any atom is 0.407 e. The quantitative estimate of drug-likeness (QED) is 0.759. The number of hydrogen-bond donors (Lipinski definition) is 1. The highest BCUT2D eigenvalue weighted by Gasteiger charge is 2.29. The Morgan fingerprint density at radius 1 is 1.36 bits per heavy atom. The van der Waals surface area contributed by atoms with Crippen LogP contribution in [0.3, 0.4) is 0 Å². The molecule has 0 unspecified atom stereocenters. The van der Waals surface area contributed by atoms with Crippen molar-refractivity contribution in [2.75, 3.05) is 6.61 Å². The van der Waals surface area contributed by atoms with Crippen molar-refractivity contribution >= 4 is 6.09 Å². The topological polar surface area (TPSA) is 38.3 Å². The fourth-order valence-corrected chi connectivity index (χ4v) is 1.38. The van der Waals surface area contributed by atoms with Crippen LogP contribution in [0.4, 0.5) is 4.79 Å². The first-order valence-corrected chi connectivity index (χ1v) is 5.26. The second kappa shape index (κ2) is 5.23. The number of ether oxygens (including phenoxy) is 1. The normalized spacial score (nSPS) is 13.9. The SMILES string of the molecule is CCOC(=O)NC(C)(C)[C@H](C)C(C)C. The minimum Gasteiger partial charge on any atom is -0.450 e. The predicted molar refractivity (Wildman–Crippen MR) is 58.2 cm³/mol. The summed E-state index contributed by atoms with van der Waals surface area (Å²) in [5.74, 6) is 0.943. The molecule has 0 aromatic carbocycles. The first kappa shape index (κ1) is 13.3. The first-order valence-electron chi connectivity index (χ1n) is 5.26. The zero-order chi connectivity index (χ0) is 11.4. The maximum atomic E-state index is 11.3.